The second kappa shape index (κ2) is 8.44. The zero-order valence-corrected chi connectivity index (χ0v) is 17.6. The number of thioether (sulfide) groups is 1. The number of esters is 2. The lowest BCUT2D eigenvalue weighted by molar-refractivity contribution is -0.173. The Morgan fingerprint density at radius 2 is 2.11 bits per heavy atom. The third-order valence-corrected chi connectivity index (χ3v) is 5.56. The van der Waals surface area contributed by atoms with Gasteiger partial charge in [-0.2, -0.15) is 0 Å². The van der Waals surface area contributed by atoms with Gasteiger partial charge in [0.25, 0.3) is 5.91 Å². The van der Waals surface area contributed by atoms with Crippen molar-refractivity contribution < 1.29 is 23.9 Å². The lowest BCUT2D eigenvalue weighted by Crippen LogP contribution is -2.67. The highest BCUT2D eigenvalue weighted by molar-refractivity contribution is 8.00. The van der Waals surface area contributed by atoms with Crippen LogP contribution in [-0.2, 0) is 23.9 Å². The van der Waals surface area contributed by atoms with Gasteiger partial charge in [-0.15, -0.1) is 24.2 Å². The number of anilines is 1. The standard InChI is InChI=1S/C17H22N4O5S.ClH/c1-9-7-27-13-10(20-16-18-5-6-19-16)12(22)21(13)11(9)14(23)25-8-26-15(24)17(2,3)4;/h5-6,10,13H,7-8H2,1-4H3,(H2,18,19,20);1H/t10?,13-;/m0./s1. The Kier molecular flexibility index (Phi) is 6.66. The predicted octanol–water partition coefficient (Wildman–Crippen LogP) is 1.89. The summed E-state index contributed by atoms with van der Waals surface area (Å²) in [6, 6.07) is -0.476. The largest absolute Gasteiger partial charge is 0.427 e. The fraction of sp³-hybridized carbons (Fsp3) is 0.529. The Morgan fingerprint density at radius 3 is 2.71 bits per heavy atom. The van der Waals surface area contributed by atoms with Crippen molar-refractivity contribution in [1.82, 2.24) is 14.9 Å². The number of rotatable bonds is 5. The number of hydrogen-bond donors (Lipinski definition) is 2. The summed E-state index contributed by atoms with van der Waals surface area (Å²) in [4.78, 5) is 45.2. The van der Waals surface area contributed by atoms with E-state index in [0.717, 1.165) is 5.57 Å². The van der Waals surface area contributed by atoms with Crippen molar-refractivity contribution in [2.45, 2.75) is 39.1 Å². The third kappa shape index (κ3) is 4.27. The molecule has 2 atom stereocenters. The number of carbonyl (C=O) groups is 3. The van der Waals surface area contributed by atoms with Crippen LogP contribution in [0.5, 0.6) is 0 Å². The maximum absolute atomic E-state index is 12.6. The van der Waals surface area contributed by atoms with Gasteiger partial charge in [0.05, 0.1) is 5.41 Å². The zero-order chi connectivity index (χ0) is 19.8. The van der Waals surface area contributed by atoms with Crippen LogP contribution in [0.1, 0.15) is 27.7 Å². The van der Waals surface area contributed by atoms with E-state index in [2.05, 4.69) is 15.3 Å². The molecule has 1 aromatic heterocycles. The molecule has 1 amide bonds. The number of fused-ring (bicyclic) bond motifs is 1. The van der Waals surface area contributed by atoms with Gasteiger partial charge in [0.1, 0.15) is 17.1 Å². The van der Waals surface area contributed by atoms with Gasteiger partial charge in [-0.05, 0) is 33.3 Å². The van der Waals surface area contributed by atoms with Gasteiger partial charge in [-0.1, -0.05) is 0 Å². The van der Waals surface area contributed by atoms with E-state index in [9.17, 15) is 14.4 Å². The number of nitrogens with one attached hydrogen (secondary N) is 2. The van der Waals surface area contributed by atoms with Crippen molar-refractivity contribution in [2.24, 2.45) is 5.41 Å². The van der Waals surface area contributed by atoms with Gasteiger partial charge >= 0.3 is 11.9 Å². The maximum atomic E-state index is 12.6. The van der Waals surface area contributed by atoms with Gasteiger partial charge in [-0.3, -0.25) is 14.5 Å². The van der Waals surface area contributed by atoms with Crippen molar-refractivity contribution in [2.75, 3.05) is 17.9 Å². The summed E-state index contributed by atoms with van der Waals surface area (Å²) < 4.78 is 10.0. The number of hydrogen-bond acceptors (Lipinski definition) is 8. The number of aromatic amines is 1. The summed E-state index contributed by atoms with van der Waals surface area (Å²) >= 11 is 1.56. The fourth-order valence-corrected chi connectivity index (χ4v) is 3.97. The molecule has 11 heteroatoms. The summed E-state index contributed by atoms with van der Waals surface area (Å²) in [5, 5.41) is 2.80. The third-order valence-electron chi connectivity index (χ3n) is 4.14. The molecule has 0 aliphatic carbocycles. The summed E-state index contributed by atoms with van der Waals surface area (Å²) in [6.07, 6.45) is 3.24. The first-order valence-corrected chi connectivity index (χ1v) is 9.49. The molecule has 2 aliphatic heterocycles. The molecule has 0 saturated carbocycles. The monoisotopic (exact) mass is 430 g/mol. The summed E-state index contributed by atoms with van der Waals surface area (Å²) in [5.74, 6) is -0.290. The molecule has 9 nitrogen and oxygen atoms in total. The molecule has 0 radical (unpaired) electrons. The van der Waals surface area contributed by atoms with E-state index in [4.69, 9.17) is 9.47 Å². The maximum Gasteiger partial charge on any atom is 0.357 e. The first-order chi connectivity index (χ1) is 12.7. The van der Waals surface area contributed by atoms with Crippen molar-refractivity contribution in [3.05, 3.63) is 23.7 Å². The van der Waals surface area contributed by atoms with Crippen LogP contribution in [0.15, 0.2) is 23.7 Å². The molecule has 1 aromatic rings. The van der Waals surface area contributed by atoms with Crippen LogP contribution in [0, 0.1) is 5.41 Å². The predicted molar refractivity (Wildman–Crippen MR) is 106 cm³/mol. The van der Waals surface area contributed by atoms with Gasteiger partial charge in [0, 0.05) is 18.1 Å². The Labute approximate surface area is 173 Å². The number of carbonyl (C=O) groups excluding carboxylic acids is 3. The number of ether oxygens (including phenoxy) is 2. The summed E-state index contributed by atoms with van der Waals surface area (Å²) in [5.41, 5.74) is 0.271. The van der Waals surface area contributed by atoms with Crippen LogP contribution in [0.3, 0.4) is 0 Å². The highest BCUT2D eigenvalue weighted by Gasteiger charge is 2.53. The first-order valence-electron chi connectivity index (χ1n) is 8.45. The van der Waals surface area contributed by atoms with E-state index in [1.807, 2.05) is 0 Å². The number of amides is 1. The fourth-order valence-electron chi connectivity index (χ4n) is 2.68. The zero-order valence-electron chi connectivity index (χ0n) is 16.0. The average Bonchev–Trinajstić information content (AvgIpc) is 3.11. The molecular weight excluding hydrogens is 408 g/mol. The SMILES string of the molecule is CC1=C(C(=O)OCOC(=O)C(C)(C)C)N2C(=O)C(Nc3ncc[nH]3)[C@@H]2SC1.Cl. The van der Waals surface area contributed by atoms with E-state index in [1.165, 1.54) is 4.90 Å². The molecule has 1 saturated heterocycles. The van der Waals surface area contributed by atoms with E-state index < -0.39 is 30.2 Å². The molecule has 2 aliphatic rings. The van der Waals surface area contributed by atoms with Crippen LogP contribution in [-0.4, -0.2) is 56.7 Å². The number of H-pyrrole nitrogens is 1. The highest BCUT2D eigenvalue weighted by Crippen LogP contribution is 2.41. The van der Waals surface area contributed by atoms with Crippen LogP contribution < -0.4 is 5.32 Å². The molecule has 0 bridgehead atoms. The molecule has 1 fully saturated rings. The lowest BCUT2D eigenvalue weighted by Gasteiger charge is -2.49. The van der Waals surface area contributed by atoms with Gasteiger partial charge in [-0.25, -0.2) is 9.78 Å². The minimum Gasteiger partial charge on any atom is -0.427 e. The molecule has 0 spiro atoms. The highest BCUT2D eigenvalue weighted by atomic mass is 35.5. The molecule has 154 valence electrons. The molecule has 2 N–H and O–H groups in total. The first kappa shape index (κ1) is 22.1. The van der Waals surface area contributed by atoms with Crippen LogP contribution >= 0.6 is 24.2 Å². The molecule has 28 heavy (non-hydrogen) atoms. The Bertz CT molecular complexity index is 790. The van der Waals surface area contributed by atoms with E-state index >= 15 is 0 Å². The van der Waals surface area contributed by atoms with Gasteiger partial charge in [0.2, 0.25) is 12.7 Å². The number of β-lactam (4-membered cyclic amide) rings is 1. The van der Waals surface area contributed by atoms with Crippen LogP contribution in [0.4, 0.5) is 5.95 Å². The Morgan fingerprint density at radius 1 is 1.39 bits per heavy atom. The van der Waals surface area contributed by atoms with Gasteiger partial charge < -0.3 is 19.8 Å². The second-order valence-electron chi connectivity index (χ2n) is 7.33. The van der Waals surface area contributed by atoms with E-state index in [-0.39, 0.29) is 29.4 Å². The summed E-state index contributed by atoms with van der Waals surface area (Å²) in [6.45, 7) is 6.41. The molecule has 1 unspecified atom stereocenters. The van der Waals surface area contributed by atoms with Crippen molar-refractivity contribution in [3.8, 4) is 0 Å². The van der Waals surface area contributed by atoms with Crippen molar-refractivity contribution >= 4 is 48.0 Å². The quantitative estimate of drug-likeness (QED) is 0.413. The Balaban J connectivity index is 0.00000280. The minimum absolute atomic E-state index is 0. The number of imidazole rings is 1. The average molecular weight is 431 g/mol. The number of aromatic nitrogens is 2. The van der Waals surface area contributed by atoms with Gasteiger partial charge in [0.15, 0.2) is 0 Å². The minimum atomic E-state index is -0.688. The normalized spacial score (nSPS) is 21.3. The van der Waals surface area contributed by atoms with E-state index in [0.29, 0.717) is 11.7 Å². The van der Waals surface area contributed by atoms with Crippen molar-refractivity contribution in [3.63, 3.8) is 0 Å². The Hall–Kier alpha value is -2.20. The number of halogens is 1. The van der Waals surface area contributed by atoms with Crippen LogP contribution in [0.2, 0.25) is 0 Å². The summed E-state index contributed by atoms with van der Waals surface area (Å²) in [7, 11) is 0. The second-order valence-corrected chi connectivity index (χ2v) is 8.43. The molecule has 0 aromatic carbocycles. The van der Waals surface area contributed by atoms with Crippen LogP contribution in [0.25, 0.3) is 0 Å². The molecule has 3 rings (SSSR count). The number of nitrogens with zero attached hydrogens (tertiary/aromatic N) is 2. The lowest BCUT2D eigenvalue weighted by atomic mass is 9.98. The van der Waals surface area contributed by atoms with Crippen molar-refractivity contribution in [1.29, 1.82) is 0 Å². The molecule has 3 heterocycles. The smallest absolute Gasteiger partial charge is 0.357 e. The molecular formula is C17H23ClN4O5S. The van der Waals surface area contributed by atoms with E-state index in [1.54, 1.807) is 51.9 Å². The topological polar surface area (TPSA) is 114 Å².